The maximum absolute atomic E-state index is 14.7. The molecule has 75 heavy (non-hydrogen) atoms. The zero-order valence-electron chi connectivity index (χ0n) is 41.6. The highest BCUT2D eigenvalue weighted by Crippen LogP contribution is 2.31. The van der Waals surface area contributed by atoms with Gasteiger partial charge in [-0.05, 0) is 43.4 Å². The Kier molecular flexibility index (Phi) is 20.9. The molecule has 6 rings (SSSR count). The molecule has 0 radical (unpaired) electrons. The molecule has 0 aliphatic carbocycles. The number of aromatic nitrogens is 3. The van der Waals surface area contributed by atoms with Crippen molar-refractivity contribution in [3.8, 4) is 0 Å². The van der Waals surface area contributed by atoms with Crippen LogP contribution in [-0.4, -0.2) is 146 Å². The second kappa shape index (κ2) is 27.6. The summed E-state index contributed by atoms with van der Waals surface area (Å²) in [4.78, 5) is 142. The molecule has 0 saturated carbocycles. The van der Waals surface area contributed by atoms with E-state index in [0.29, 0.717) is 29.7 Å². The van der Waals surface area contributed by atoms with Crippen LogP contribution in [0.4, 0.5) is 4.79 Å². The Bertz CT molecular complexity index is 2670. The number of urea groups is 1. The molecule has 2 aromatic carbocycles. The van der Waals surface area contributed by atoms with Gasteiger partial charge in [-0.25, -0.2) is 9.78 Å². The Morgan fingerprint density at radius 1 is 0.733 bits per heavy atom. The first-order valence-electron chi connectivity index (χ1n) is 24.6. The number of benzene rings is 2. The number of guanidine groups is 1. The normalized spacial score (nSPS) is 23.4. The summed E-state index contributed by atoms with van der Waals surface area (Å²) >= 11 is 0. The van der Waals surface area contributed by atoms with E-state index in [2.05, 4.69) is 57.2 Å². The molecule has 24 nitrogen and oxygen atoms in total. The highest BCUT2D eigenvalue weighted by molar-refractivity contribution is 8.76. The molecule has 402 valence electrons. The lowest BCUT2D eigenvalue weighted by Gasteiger charge is -2.32. The predicted octanol–water partition coefficient (Wildman–Crippen LogP) is -0.492. The van der Waals surface area contributed by atoms with E-state index in [0.717, 1.165) is 37.4 Å². The molecule has 4 heterocycles. The number of hydrogen-bond donors (Lipinski definition) is 12. The fraction of sp³-hybridized carbons (Fsp3) is 0.449. The van der Waals surface area contributed by atoms with E-state index in [1.54, 1.807) is 36.5 Å². The van der Waals surface area contributed by atoms with Gasteiger partial charge in [0.05, 0.1) is 24.8 Å². The number of amides is 10. The van der Waals surface area contributed by atoms with E-state index in [1.165, 1.54) is 19.4 Å². The Hall–Kier alpha value is -7.61. The van der Waals surface area contributed by atoms with Crippen LogP contribution >= 0.6 is 21.6 Å². The Balaban J connectivity index is 1.40. The van der Waals surface area contributed by atoms with Crippen molar-refractivity contribution in [3.63, 3.8) is 0 Å². The quantitative estimate of drug-likeness (QED) is 0.0222. The number of primary amides is 1. The summed E-state index contributed by atoms with van der Waals surface area (Å²) in [5.74, 6) is -7.57. The summed E-state index contributed by atoms with van der Waals surface area (Å²) in [5, 5.41) is 19.8. The number of nitrogens with zero attached hydrogens (tertiary/aromatic N) is 3. The summed E-state index contributed by atoms with van der Waals surface area (Å²) in [6.07, 6.45) is 5.80. The summed E-state index contributed by atoms with van der Waals surface area (Å²) in [5.41, 5.74) is 19.5. The SMILES string of the molecule is CCCC[C@@H]([C@H]1CSSC[C@@H](C(N)=O)NC(=O)[C@H](Cc2c[nH]c3ccccc23)NC(=O)[C@H](CCCN=C(N)N)NC(=O)[C@@H](Cc2ccccc2)NC(=O)[C@H](Cc2cnc[nH]2)NC(=O)[C@@H](C)NC1=O)N1C(=O)CNC1=O. The third-order valence-electron chi connectivity index (χ3n) is 12.7. The molecule has 2 aliphatic heterocycles. The molecule has 0 spiro atoms. The monoisotopic (exact) mass is 1070 g/mol. The topological polar surface area (TPSA) is 376 Å². The van der Waals surface area contributed by atoms with Gasteiger partial charge in [-0.3, -0.25) is 48.2 Å². The molecule has 8 atom stereocenters. The van der Waals surface area contributed by atoms with Crippen LogP contribution in [0.2, 0.25) is 0 Å². The molecule has 10 amide bonds. The highest BCUT2D eigenvalue weighted by Gasteiger charge is 2.42. The number of nitrogens with two attached hydrogens (primary N) is 3. The third kappa shape index (κ3) is 16.2. The molecule has 2 saturated heterocycles. The first kappa shape index (κ1) is 56.7. The average molecular weight is 1070 g/mol. The zero-order valence-corrected chi connectivity index (χ0v) is 43.2. The summed E-state index contributed by atoms with van der Waals surface area (Å²) in [7, 11) is 2.20. The highest BCUT2D eigenvalue weighted by atomic mass is 33.1. The molecule has 0 unspecified atom stereocenters. The minimum atomic E-state index is -1.37. The number of imidazole rings is 1. The standard InChI is InChI=1S/C49H65N15O9S2/c1-3-4-16-39(64-40(65)23-56-49(64)73)32-24-74-75-25-38(41(50)66)63-46(71)36(19-29-21-55-33-14-9-8-13-31(29)33)62-44(69)34(15-10-17-54-48(51)52)59-45(70)35(18-28-11-6-5-7-12-28)61-47(72)37(20-30-22-53-26-57-30)60-42(67)27(2)58-43(32)68/h5-9,11-14,21-22,26-27,32,34-39,55H,3-4,10,15-20,23-25H2,1-2H3,(H2,50,66)(H,53,57)(H,56,73)(H,58,68)(H,59,70)(H,60,67)(H,61,72)(H,62,69)(H,63,71)(H4,51,52,54)/t27-,32-,34+,35-,36+,37+,38+,39+/m1/s1. The molecule has 26 heteroatoms. The lowest BCUT2D eigenvalue weighted by Crippen LogP contribution is -2.60. The second-order valence-electron chi connectivity index (χ2n) is 18.2. The Morgan fingerprint density at radius 2 is 1.37 bits per heavy atom. The number of rotatable bonds is 16. The van der Waals surface area contributed by atoms with E-state index in [9.17, 15) is 43.2 Å². The van der Waals surface area contributed by atoms with Crippen molar-refractivity contribution in [2.75, 3.05) is 24.6 Å². The maximum Gasteiger partial charge on any atom is 0.324 e. The largest absolute Gasteiger partial charge is 0.370 e. The van der Waals surface area contributed by atoms with Gasteiger partial charge >= 0.3 is 6.03 Å². The van der Waals surface area contributed by atoms with Crippen molar-refractivity contribution in [2.24, 2.45) is 28.1 Å². The molecule has 2 fully saturated rings. The number of fused-ring (bicyclic) bond motifs is 1. The summed E-state index contributed by atoms with van der Waals surface area (Å²) in [6, 6.07) is 6.40. The lowest BCUT2D eigenvalue weighted by molar-refractivity contribution is -0.136. The van der Waals surface area contributed by atoms with Gasteiger partial charge in [0, 0.05) is 66.3 Å². The Morgan fingerprint density at radius 3 is 2.04 bits per heavy atom. The van der Waals surface area contributed by atoms with Crippen molar-refractivity contribution >= 4 is 91.7 Å². The number of para-hydroxylation sites is 1. The number of aliphatic imine (C=N–C) groups is 1. The van der Waals surface area contributed by atoms with Crippen molar-refractivity contribution < 1.29 is 43.2 Å². The van der Waals surface area contributed by atoms with E-state index in [4.69, 9.17) is 17.2 Å². The van der Waals surface area contributed by atoms with Crippen molar-refractivity contribution in [1.29, 1.82) is 0 Å². The van der Waals surface area contributed by atoms with Gasteiger partial charge in [-0.15, -0.1) is 0 Å². The lowest BCUT2D eigenvalue weighted by atomic mass is 9.93. The summed E-state index contributed by atoms with van der Waals surface area (Å²) < 4.78 is 0. The van der Waals surface area contributed by atoms with E-state index < -0.39 is 101 Å². The van der Waals surface area contributed by atoms with Gasteiger partial charge < -0.3 is 64.4 Å². The van der Waals surface area contributed by atoms with E-state index in [-0.39, 0.29) is 69.1 Å². The number of unbranched alkanes of at least 4 members (excludes halogenated alkanes) is 1. The van der Waals surface area contributed by atoms with Crippen molar-refractivity contribution in [3.05, 3.63) is 90.1 Å². The van der Waals surface area contributed by atoms with Crippen LogP contribution in [0.25, 0.3) is 10.9 Å². The first-order valence-corrected chi connectivity index (χ1v) is 27.1. The van der Waals surface area contributed by atoms with Gasteiger partial charge in [0.1, 0.15) is 36.3 Å². The Labute approximate surface area is 440 Å². The predicted molar refractivity (Wildman–Crippen MR) is 283 cm³/mol. The van der Waals surface area contributed by atoms with Gasteiger partial charge in [-0.1, -0.05) is 89.9 Å². The molecule has 2 aromatic heterocycles. The van der Waals surface area contributed by atoms with Gasteiger partial charge in [0.25, 0.3) is 0 Å². The van der Waals surface area contributed by atoms with Crippen LogP contribution in [0.15, 0.2) is 78.3 Å². The summed E-state index contributed by atoms with van der Waals surface area (Å²) in [6.45, 7) is 3.12. The van der Waals surface area contributed by atoms with Crippen LogP contribution in [0.3, 0.4) is 0 Å². The van der Waals surface area contributed by atoms with Crippen LogP contribution in [0, 0.1) is 5.92 Å². The number of imide groups is 1. The third-order valence-corrected chi connectivity index (χ3v) is 15.1. The number of nitrogens with one attached hydrogen (secondary N) is 9. The van der Waals surface area contributed by atoms with Crippen molar-refractivity contribution in [2.45, 2.75) is 108 Å². The van der Waals surface area contributed by atoms with E-state index >= 15 is 0 Å². The van der Waals surface area contributed by atoms with Crippen LogP contribution < -0.4 is 54.4 Å². The van der Waals surface area contributed by atoms with Gasteiger partial charge in [0.2, 0.25) is 47.3 Å². The molecule has 2 aliphatic rings. The number of hydrogen-bond acceptors (Lipinski definition) is 13. The molecular formula is C49H65N15O9S2. The van der Waals surface area contributed by atoms with Crippen molar-refractivity contribution in [1.82, 2.24) is 57.1 Å². The fourth-order valence-electron chi connectivity index (χ4n) is 8.65. The fourth-order valence-corrected chi connectivity index (χ4v) is 11.2. The number of aromatic amines is 2. The smallest absolute Gasteiger partial charge is 0.324 e. The number of H-pyrrole nitrogens is 2. The van der Waals surface area contributed by atoms with E-state index in [1.807, 2.05) is 31.2 Å². The van der Waals surface area contributed by atoms with Crippen LogP contribution in [0.5, 0.6) is 0 Å². The molecule has 0 bridgehead atoms. The van der Waals surface area contributed by atoms with Crippen LogP contribution in [-0.2, 0) is 57.6 Å². The maximum atomic E-state index is 14.7. The van der Waals surface area contributed by atoms with Crippen LogP contribution in [0.1, 0.15) is 62.8 Å². The molecular weight excluding hydrogens is 1010 g/mol. The average Bonchev–Trinajstić information content (AvgIpc) is 4.14. The number of carbonyl (C=O) groups is 9. The zero-order chi connectivity index (χ0) is 54.0. The number of carbonyl (C=O) groups excluding carboxylic acids is 9. The van der Waals surface area contributed by atoms with Gasteiger partial charge in [-0.2, -0.15) is 0 Å². The molecule has 15 N–H and O–H groups in total. The second-order valence-corrected chi connectivity index (χ2v) is 20.8. The molecule has 4 aromatic rings. The minimum Gasteiger partial charge on any atom is -0.370 e. The first-order chi connectivity index (χ1) is 36.0. The van der Waals surface area contributed by atoms with Gasteiger partial charge in [0.15, 0.2) is 5.96 Å². The minimum absolute atomic E-state index is 0.0431.